The molecule has 0 radical (unpaired) electrons. The zero-order valence-electron chi connectivity index (χ0n) is 8.26. The third-order valence-electron chi connectivity index (χ3n) is 2.01. The van der Waals surface area contributed by atoms with Crippen LogP contribution < -0.4 is 5.73 Å². The molecular formula is C10H11FN4. The second-order valence-electron chi connectivity index (χ2n) is 3.31. The molecule has 1 aromatic heterocycles. The molecule has 15 heavy (non-hydrogen) atoms. The number of hydrogen-bond acceptors (Lipinski definition) is 3. The lowest BCUT2D eigenvalue weighted by molar-refractivity contribution is 0.627. The Labute approximate surface area is 86.6 Å². The normalized spacial score (nSPS) is 12.7. The number of rotatable bonds is 2. The number of hydrogen-bond donors (Lipinski definition) is 1. The third kappa shape index (κ3) is 2.02. The van der Waals surface area contributed by atoms with Gasteiger partial charge < -0.3 is 5.73 Å². The fraction of sp³-hybridized carbons (Fsp3) is 0.200. The lowest BCUT2D eigenvalue weighted by Gasteiger charge is -2.00. The van der Waals surface area contributed by atoms with Crippen LogP contribution in [-0.2, 0) is 0 Å². The summed E-state index contributed by atoms with van der Waals surface area (Å²) >= 11 is 0. The Kier molecular flexibility index (Phi) is 2.47. The van der Waals surface area contributed by atoms with Crippen molar-refractivity contribution in [3.63, 3.8) is 0 Å². The van der Waals surface area contributed by atoms with E-state index in [0.29, 0.717) is 5.82 Å². The SMILES string of the molecule is CC(N)c1ncn(-c2ccc(F)cc2)n1. The Morgan fingerprint density at radius 1 is 1.33 bits per heavy atom. The number of nitrogens with zero attached hydrogens (tertiary/aromatic N) is 3. The molecule has 0 amide bonds. The molecule has 0 saturated carbocycles. The van der Waals surface area contributed by atoms with E-state index in [4.69, 9.17) is 5.73 Å². The molecule has 0 aliphatic carbocycles. The molecule has 1 atom stereocenters. The summed E-state index contributed by atoms with van der Waals surface area (Å²) in [5.74, 6) is 0.297. The molecule has 0 fully saturated rings. The summed E-state index contributed by atoms with van der Waals surface area (Å²) < 4.78 is 14.2. The maximum atomic E-state index is 12.7. The Hall–Kier alpha value is -1.75. The average Bonchev–Trinajstić information content (AvgIpc) is 2.68. The summed E-state index contributed by atoms with van der Waals surface area (Å²) in [6, 6.07) is 5.82. The molecule has 5 heteroatoms. The van der Waals surface area contributed by atoms with Crippen LogP contribution in [-0.4, -0.2) is 14.8 Å². The molecule has 0 saturated heterocycles. The van der Waals surface area contributed by atoms with Gasteiger partial charge in [-0.2, -0.15) is 0 Å². The van der Waals surface area contributed by atoms with Crippen molar-refractivity contribution < 1.29 is 4.39 Å². The first-order valence-corrected chi connectivity index (χ1v) is 4.60. The molecule has 1 aromatic carbocycles. The van der Waals surface area contributed by atoms with Crippen LogP contribution in [0.25, 0.3) is 5.69 Å². The maximum absolute atomic E-state index is 12.7. The van der Waals surface area contributed by atoms with Gasteiger partial charge in [0.05, 0.1) is 11.7 Å². The highest BCUT2D eigenvalue weighted by Gasteiger charge is 2.06. The highest BCUT2D eigenvalue weighted by molar-refractivity contribution is 5.30. The van der Waals surface area contributed by atoms with Crippen LogP contribution in [0.5, 0.6) is 0 Å². The Morgan fingerprint density at radius 2 is 2.00 bits per heavy atom. The molecule has 2 rings (SSSR count). The molecular weight excluding hydrogens is 195 g/mol. The molecule has 2 N–H and O–H groups in total. The van der Waals surface area contributed by atoms with Crippen molar-refractivity contribution in [1.82, 2.24) is 14.8 Å². The van der Waals surface area contributed by atoms with Gasteiger partial charge in [-0.15, -0.1) is 5.10 Å². The van der Waals surface area contributed by atoms with E-state index in [9.17, 15) is 4.39 Å². The van der Waals surface area contributed by atoms with Crippen molar-refractivity contribution in [1.29, 1.82) is 0 Å². The van der Waals surface area contributed by atoms with E-state index in [1.807, 2.05) is 6.92 Å². The largest absolute Gasteiger partial charge is 0.321 e. The summed E-state index contributed by atoms with van der Waals surface area (Å²) in [7, 11) is 0. The third-order valence-corrected chi connectivity index (χ3v) is 2.01. The monoisotopic (exact) mass is 206 g/mol. The predicted octanol–water partition coefficient (Wildman–Crippen LogP) is 1.43. The van der Waals surface area contributed by atoms with Crippen LogP contribution in [0.15, 0.2) is 30.6 Å². The zero-order chi connectivity index (χ0) is 10.8. The van der Waals surface area contributed by atoms with Crippen LogP contribution in [0.3, 0.4) is 0 Å². The van der Waals surface area contributed by atoms with E-state index in [1.165, 1.54) is 12.1 Å². The van der Waals surface area contributed by atoms with Crippen LogP contribution in [0.1, 0.15) is 18.8 Å². The van der Waals surface area contributed by atoms with Gasteiger partial charge in [-0.25, -0.2) is 14.1 Å². The van der Waals surface area contributed by atoms with E-state index in [1.54, 1.807) is 23.1 Å². The summed E-state index contributed by atoms with van der Waals surface area (Å²) in [6.07, 6.45) is 1.56. The first-order valence-electron chi connectivity index (χ1n) is 4.60. The van der Waals surface area contributed by atoms with Crippen LogP contribution >= 0.6 is 0 Å². The standard InChI is InChI=1S/C10H11FN4/c1-7(12)10-13-6-15(14-10)9-4-2-8(11)3-5-9/h2-7H,12H2,1H3. The topological polar surface area (TPSA) is 56.7 Å². The number of halogens is 1. The quantitative estimate of drug-likeness (QED) is 0.808. The fourth-order valence-electron chi connectivity index (χ4n) is 1.20. The highest BCUT2D eigenvalue weighted by atomic mass is 19.1. The van der Waals surface area contributed by atoms with Gasteiger partial charge in [0.25, 0.3) is 0 Å². The molecule has 0 aliphatic rings. The van der Waals surface area contributed by atoms with E-state index < -0.39 is 0 Å². The van der Waals surface area contributed by atoms with Gasteiger partial charge in [0, 0.05) is 0 Å². The smallest absolute Gasteiger partial charge is 0.167 e. The number of nitrogens with two attached hydrogens (primary N) is 1. The van der Waals surface area contributed by atoms with E-state index in [0.717, 1.165) is 5.69 Å². The molecule has 2 aromatic rings. The van der Waals surface area contributed by atoms with Crippen molar-refractivity contribution in [2.24, 2.45) is 5.73 Å². The predicted molar refractivity (Wildman–Crippen MR) is 53.9 cm³/mol. The van der Waals surface area contributed by atoms with Crippen molar-refractivity contribution >= 4 is 0 Å². The fourth-order valence-corrected chi connectivity index (χ4v) is 1.20. The minimum atomic E-state index is -0.272. The zero-order valence-corrected chi connectivity index (χ0v) is 8.26. The summed E-state index contributed by atoms with van der Waals surface area (Å²) in [4.78, 5) is 4.05. The van der Waals surface area contributed by atoms with Crippen molar-refractivity contribution in [3.05, 3.63) is 42.2 Å². The Balaban J connectivity index is 2.33. The van der Waals surface area contributed by atoms with Gasteiger partial charge in [0.1, 0.15) is 12.1 Å². The van der Waals surface area contributed by atoms with Gasteiger partial charge >= 0.3 is 0 Å². The molecule has 0 bridgehead atoms. The van der Waals surface area contributed by atoms with Crippen LogP contribution in [0.4, 0.5) is 4.39 Å². The second kappa shape index (κ2) is 3.78. The minimum absolute atomic E-state index is 0.202. The van der Waals surface area contributed by atoms with Gasteiger partial charge in [-0.1, -0.05) is 0 Å². The van der Waals surface area contributed by atoms with Crippen molar-refractivity contribution in [2.75, 3.05) is 0 Å². The Morgan fingerprint density at radius 3 is 2.53 bits per heavy atom. The number of aromatic nitrogens is 3. The first-order chi connectivity index (χ1) is 7.16. The lowest BCUT2D eigenvalue weighted by Crippen LogP contribution is -2.07. The van der Waals surface area contributed by atoms with Crippen LogP contribution in [0.2, 0.25) is 0 Å². The van der Waals surface area contributed by atoms with Crippen molar-refractivity contribution in [3.8, 4) is 5.69 Å². The second-order valence-corrected chi connectivity index (χ2v) is 3.31. The maximum Gasteiger partial charge on any atom is 0.167 e. The minimum Gasteiger partial charge on any atom is -0.321 e. The highest BCUT2D eigenvalue weighted by Crippen LogP contribution is 2.09. The van der Waals surface area contributed by atoms with E-state index in [-0.39, 0.29) is 11.9 Å². The molecule has 78 valence electrons. The molecule has 1 heterocycles. The number of benzene rings is 1. The lowest BCUT2D eigenvalue weighted by atomic mass is 10.3. The van der Waals surface area contributed by atoms with E-state index >= 15 is 0 Å². The Bertz CT molecular complexity index is 447. The van der Waals surface area contributed by atoms with Gasteiger partial charge in [0.15, 0.2) is 5.82 Å². The molecule has 1 unspecified atom stereocenters. The molecule has 0 aliphatic heterocycles. The van der Waals surface area contributed by atoms with Crippen LogP contribution in [0, 0.1) is 5.82 Å². The summed E-state index contributed by atoms with van der Waals surface area (Å²) in [5, 5.41) is 4.17. The van der Waals surface area contributed by atoms with E-state index in [2.05, 4.69) is 10.1 Å². The van der Waals surface area contributed by atoms with Crippen molar-refractivity contribution in [2.45, 2.75) is 13.0 Å². The van der Waals surface area contributed by atoms with Gasteiger partial charge in [-0.05, 0) is 31.2 Å². The van der Waals surface area contributed by atoms with Gasteiger partial charge in [-0.3, -0.25) is 0 Å². The summed E-state index contributed by atoms with van der Waals surface area (Å²) in [6.45, 7) is 1.81. The van der Waals surface area contributed by atoms with Gasteiger partial charge in [0.2, 0.25) is 0 Å². The summed E-state index contributed by atoms with van der Waals surface area (Å²) in [5.41, 5.74) is 6.39. The average molecular weight is 206 g/mol. The molecule has 4 nitrogen and oxygen atoms in total. The first kappa shape index (κ1) is 9.79. The molecule has 0 spiro atoms.